The number of allylic oxidation sites excluding steroid dienone is 2. The first-order valence-electron chi connectivity index (χ1n) is 19.2. The zero-order valence-electron chi connectivity index (χ0n) is 34.5. The summed E-state index contributed by atoms with van der Waals surface area (Å²) in [4.78, 5) is 27.9. The molecule has 0 heterocycles. The van der Waals surface area contributed by atoms with Gasteiger partial charge in [-0.2, -0.15) is 0 Å². The van der Waals surface area contributed by atoms with E-state index in [-0.39, 0.29) is 11.6 Å². The average molecular weight is 805 g/mol. The van der Waals surface area contributed by atoms with Crippen molar-refractivity contribution in [3.8, 4) is 56.8 Å². The molecule has 0 aliphatic heterocycles. The molecule has 0 radical (unpaired) electrons. The van der Waals surface area contributed by atoms with Gasteiger partial charge in [0.15, 0.2) is 34.6 Å². The van der Waals surface area contributed by atoms with E-state index in [4.69, 9.17) is 28.4 Å². The van der Waals surface area contributed by atoms with Gasteiger partial charge in [-0.1, -0.05) is 109 Å². The molecule has 0 spiro atoms. The number of ether oxygens (including phenoxy) is 6. The van der Waals surface area contributed by atoms with Crippen LogP contribution >= 0.6 is 0 Å². The molecule has 0 saturated heterocycles. The van der Waals surface area contributed by atoms with Gasteiger partial charge in [0.05, 0.1) is 42.7 Å². The van der Waals surface area contributed by atoms with E-state index in [1.807, 2.05) is 84.9 Å². The minimum Gasteiger partial charge on any atom is -0.493 e. The lowest BCUT2D eigenvalue weighted by molar-refractivity contribution is 0.103. The topological polar surface area (TPSA) is 114 Å². The fourth-order valence-corrected chi connectivity index (χ4v) is 6.69. The van der Waals surface area contributed by atoms with Crippen molar-refractivity contribution in [2.45, 2.75) is 0 Å². The maximum absolute atomic E-state index is 13.9. The minimum absolute atomic E-state index is 0.271. The van der Waals surface area contributed by atoms with Crippen LogP contribution in [0.25, 0.3) is 33.6 Å². The summed E-state index contributed by atoms with van der Waals surface area (Å²) in [5, 5.41) is 6.94. The van der Waals surface area contributed by atoms with Crippen LogP contribution in [0.2, 0.25) is 0 Å². The fourth-order valence-electron chi connectivity index (χ4n) is 6.69. The largest absolute Gasteiger partial charge is 0.493 e. The molecule has 0 bridgehead atoms. The Morgan fingerprint density at radius 3 is 0.983 bits per heavy atom. The van der Waals surface area contributed by atoms with Gasteiger partial charge in [0.1, 0.15) is 0 Å². The van der Waals surface area contributed by atoms with Crippen molar-refractivity contribution in [1.29, 1.82) is 0 Å². The van der Waals surface area contributed by atoms with Crippen molar-refractivity contribution in [2.24, 2.45) is 0 Å². The van der Waals surface area contributed by atoms with Crippen LogP contribution in [0.4, 0.5) is 0 Å². The fraction of sp³-hybridized carbons (Fsp3) is 0.160. The summed E-state index contributed by atoms with van der Waals surface area (Å²) in [6, 6.07) is 42.7. The molecule has 2 N–H and O–H groups in total. The highest BCUT2D eigenvalue weighted by Crippen LogP contribution is 2.40. The SMILES string of the molecule is COc1cc(C(=O)/C=C(\NCCN/C(=C\C(=O)c2cc(OC)c(OC)c(OC)c2)c2ccc(-c3ccccc3)cc2)c2ccc(-c3ccccc3)cc2)cc(OC)c1OC. The maximum Gasteiger partial charge on any atom is 0.203 e. The summed E-state index contributed by atoms with van der Waals surface area (Å²) >= 11 is 0. The molecule has 0 aliphatic carbocycles. The molecule has 0 amide bonds. The van der Waals surface area contributed by atoms with Gasteiger partial charge in [0.2, 0.25) is 11.5 Å². The number of hydrogen-bond acceptors (Lipinski definition) is 10. The van der Waals surface area contributed by atoms with Crippen LogP contribution in [0.5, 0.6) is 34.5 Å². The van der Waals surface area contributed by atoms with Crippen molar-refractivity contribution in [3.05, 3.63) is 168 Å². The molecule has 6 aromatic carbocycles. The number of benzene rings is 6. The van der Waals surface area contributed by atoms with Gasteiger partial charge >= 0.3 is 0 Å². The number of nitrogens with one attached hydrogen (secondary N) is 2. The van der Waals surface area contributed by atoms with Crippen LogP contribution in [0.3, 0.4) is 0 Å². The van der Waals surface area contributed by atoms with E-state index in [1.165, 1.54) is 42.7 Å². The molecule has 0 saturated carbocycles. The van der Waals surface area contributed by atoms with Crippen LogP contribution < -0.4 is 39.1 Å². The molecular formula is C50H48N2O8. The van der Waals surface area contributed by atoms with Crippen LogP contribution in [-0.4, -0.2) is 67.3 Å². The van der Waals surface area contributed by atoms with Gasteiger partial charge in [0, 0.05) is 47.8 Å². The molecule has 10 heteroatoms. The van der Waals surface area contributed by atoms with Crippen LogP contribution in [0.1, 0.15) is 31.8 Å². The van der Waals surface area contributed by atoms with Gasteiger partial charge in [-0.05, 0) is 57.6 Å². The molecular weight excluding hydrogens is 757 g/mol. The smallest absolute Gasteiger partial charge is 0.203 e. The summed E-state index contributed by atoms with van der Waals surface area (Å²) in [6.07, 6.45) is 3.12. The average Bonchev–Trinajstić information content (AvgIpc) is 3.31. The van der Waals surface area contributed by atoms with Crippen molar-refractivity contribution >= 4 is 23.0 Å². The second-order valence-corrected chi connectivity index (χ2v) is 13.4. The molecule has 0 unspecified atom stereocenters. The highest BCUT2D eigenvalue weighted by Gasteiger charge is 2.19. The van der Waals surface area contributed by atoms with E-state index in [2.05, 4.69) is 34.9 Å². The Bertz CT molecular complexity index is 2240. The zero-order chi connectivity index (χ0) is 42.4. The van der Waals surface area contributed by atoms with Gasteiger partial charge in [-0.15, -0.1) is 0 Å². The number of rotatable bonds is 19. The molecule has 0 aliphatic rings. The Morgan fingerprint density at radius 1 is 0.400 bits per heavy atom. The molecule has 0 aromatic heterocycles. The Morgan fingerprint density at radius 2 is 0.700 bits per heavy atom. The Labute approximate surface area is 351 Å². The number of carbonyl (C=O) groups is 2. The van der Waals surface area contributed by atoms with Crippen molar-refractivity contribution in [2.75, 3.05) is 55.7 Å². The lowest BCUT2D eigenvalue weighted by Crippen LogP contribution is -2.26. The Kier molecular flexibility index (Phi) is 14.3. The van der Waals surface area contributed by atoms with Gasteiger partial charge in [-0.3, -0.25) is 9.59 Å². The lowest BCUT2D eigenvalue weighted by atomic mass is 10.0. The third-order valence-electron chi connectivity index (χ3n) is 9.81. The number of hydrogen-bond donors (Lipinski definition) is 2. The Hall–Kier alpha value is -7.46. The minimum atomic E-state index is -0.271. The number of carbonyl (C=O) groups excluding carboxylic acids is 2. The highest BCUT2D eigenvalue weighted by molar-refractivity contribution is 6.10. The standard InChI is InChI=1S/C50H48N2O8/c1-55-45-27-39(28-46(56-2)49(45)59-5)43(53)31-41(37-21-17-35(18-22-37)33-13-9-7-10-14-33)51-25-26-52-42(38-23-19-36(20-24-38)34-15-11-8-12-16-34)32-44(54)40-29-47(57-3)50(60-6)48(30-40)58-4/h7-24,27-32,51-52H,25-26H2,1-6H3/b41-31-,42-32-. The Balaban J connectivity index is 1.30. The van der Waals surface area contributed by atoms with E-state index >= 15 is 0 Å². The van der Waals surface area contributed by atoms with E-state index in [0.717, 1.165) is 33.4 Å². The first kappa shape index (κ1) is 42.2. The second-order valence-electron chi connectivity index (χ2n) is 13.4. The van der Waals surface area contributed by atoms with Crippen molar-refractivity contribution < 1.29 is 38.0 Å². The number of ketones is 2. The van der Waals surface area contributed by atoms with Crippen LogP contribution in [0.15, 0.2) is 146 Å². The molecule has 6 aromatic rings. The van der Waals surface area contributed by atoms with E-state index < -0.39 is 0 Å². The molecule has 6 rings (SSSR count). The lowest BCUT2D eigenvalue weighted by Gasteiger charge is -2.17. The summed E-state index contributed by atoms with van der Waals surface area (Å²) < 4.78 is 33.0. The first-order valence-corrected chi connectivity index (χ1v) is 19.2. The maximum atomic E-state index is 13.9. The third-order valence-corrected chi connectivity index (χ3v) is 9.81. The normalized spacial score (nSPS) is 11.3. The first-order chi connectivity index (χ1) is 29.3. The third kappa shape index (κ3) is 9.97. The van der Waals surface area contributed by atoms with Crippen molar-refractivity contribution in [3.63, 3.8) is 0 Å². The van der Waals surface area contributed by atoms with E-state index in [0.29, 0.717) is 70.1 Å². The number of methoxy groups -OCH3 is 6. The quantitative estimate of drug-likeness (QED) is 0.0467. The summed E-state index contributed by atoms with van der Waals surface area (Å²) in [7, 11) is 9.06. The molecule has 0 atom stereocenters. The van der Waals surface area contributed by atoms with Crippen molar-refractivity contribution in [1.82, 2.24) is 10.6 Å². The molecule has 60 heavy (non-hydrogen) atoms. The van der Waals surface area contributed by atoms with Gasteiger partial charge in [-0.25, -0.2) is 0 Å². The van der Waals surface area contributed by atoms with Crippen LogP contribution in [0, 0.1) is 0 Å². The predicted octanol–water partition coefficient (Wildman–Crippen LogP) is 9.40. The van der Waals surface area contributed by atoms with Gasteiger partial charge in [0.25, 0.3) is 0 Å². The second kappa shape index (κ2) is 20.3. The van der Waals surface area contributed by atoms with E-state index in [1.54, 1.807) is 36.4 Å². The summed E-state index contributed by atoms with van der Waals surface area (Å²) in [5.74, 6) is 1.73. The molecule has 10 nitrogen and oxygen atoms in total. The zero-order valence-corrected chi connectivity index (χ0v) is 34.5. The van der Waals surface area contributed by atoms with Crippen LogP contribution in [-0.2, 0) is 0 Å². The molecule has 0 fully saturated rings. The predicted molar refractivity (Wildman–Crippen MR) is 237 cm³/mol. The van der Waals surface area contributed by atoms with E-state index in [9.17, 15) is 9.59 Å². The molecule has 306 valence electrons. The monoisotopic (exact) mass is 804 g/mol. The highest BCUT2D eigenvalue weighted by atomic mass is 16.5. The summed E-state index contributed by atoms with van der Waals surface area (Å²) in [6.45, 7) is 0.763. The summed E-state index contributed by atoms with van der Waals surface area (Å²) in [5.41, 5.74) is 7.77. The van der Waals surface area contributed by atoms with Gasteiger partial charge < -0.3 is 39.1 Å².